The van der Waals surface area contributed by atoms with Crippen molar-refractivity contribution in [2.45, 2.75) is 24.7 Å². The molecule has 1 saturated heterocycles. The number of imidazole rings is 1. The largest absolute Gasteiger partial charge is 0.493 e. The quantitative estimate of drug-likeness (QED) is 0.586. The lowest BCUT2D eigenvalue weighted by Gasteiger charge is -2.30. The number of likely N-dealkylation sites (tertiary alicyclic amines) is 1. The van der Waals surface area contributed by atoms with Crippen LogP contribution in [0.1, 0.15) is 29.8 Å². The SMILES string of the molecule is O=c1n(-c2cccc(C(F)(F)F)c2)c(O)c2n1C1CC2N(C(=S)Nc2cccnc2)C1. The summed E-state index contributed by atoms with van der Waals surface area (Å²) < 4.78 is 41.7. The van der Waals surface area contributed by atoms with E-state index in [1.807, 2.05) is 11.0 Å². The molecule has 0 saturated carbocycles. The second-order valence-electron chi connectivity index (χ2n) is 7.47. The summed E-state index contributed by atoms with van der Waals surface area (Å²) in [5, 5.41) is 14.4. The Hall–Kier alpha value is -3.34. The molecule has 5 rings (SSSR count). The number of rotatable bonds is 2. The minimum atomic E-state index is -4.56. The number of nitrogens with zero attached hydrogens (tertiary/aromatic N) is 4. The number of aromatic hydroxyl groups is 1. The highest BCUT2D eigenvalue weighted by Crippen LogP contribution is 2.48. The predicted molar refractivity (Wildman–Crippen MR) is 110 cm³/mol. The number of pyridine rings is 1. The summed E-state index contributed by atoms with van der Waals surface area (Å²) in [5.74, 6) is -0.370. The van der Waals surface area contributed by atoms with Crippen LogP contribution in [0.3, 0.4) is 0 Å². The molecule has 2 atom stereocenters. The van der Waals surface area contributed by atoms with Crippen molar-refractivity contribution in [3.8, 4) is 11.6 Å². The van der Waals surface area contributed by atoms with Crippen LogP contribution in [0.15, 0.2) is 53.6 Å². The van der Waals surface area contributed by atoms with Gasteiger partial charge in [0.15, 0.2) is 5.11 Å². The Bertz CT molecular complexity index is 1240. The van der Waals surface area contributed by atoms with Crippen LogP contribution in [0.25, 0.3) is 5.69 Å². The highest BCUT2D eigenvalue weighted by molar-refractivity contribution is 7.80. The van der Waals surface area contributed by atoms with Crippen LogP contribution in [-0.2, 0) is 6.18 Å². The standard InChI is InChI=1S/C20H16F3N5O2S/c21-20(22,23)11-3-1-5-13(7-11)28-17(29)16-15-8-14(27(16)19(28)30)10-26(15)18(31)25-12-4-2-6-24-9-12/h1-7,9,14-15,29H,8,10H2,(H,25,31). The number of fused-ring (bicyclic) bond motifs is 5. The molecule has 7 nitrogen and oxygen atoms in total. The molecule has 2 unspecified atom stereocenters. The van der Waals surface area contributed by atoms with Crippen LogP contribution in [0, 0.1) is 0 Å². The first-order chi connectivity index (χ1) is 14.8. The van der Waals surface area contributed by atoms with Crippen molar-refractivity contribution in [2.75, 3.05) is 11.9 Å². The molecule has 2 aromatic heterocycles. The van der Waals surface area contributed by atoms with Gasteiger partial charge in [-0.25, -0.2) is 9.36 Å². The summed E-state index contributed by atoms with van der Waals surface area (Å²) in [7, 11) is 0. The van der Waals surface area contributed by atoms with Gasteiger partial charge in [0.05, 0.1) is 35.2 Å². The summed E-state index contributed by atoms with van der Waals surface area (Å²) in [6.45, 7) is 0.454. The summed E-state index contributed by atoms with van der Waals surface area (Å²) >= 11 is 5.51. The first-order valence-corrected chi connectivity index (χ1v) is 9.88. The van der Waals surface area contributed by atoms with Crippen LogP contribution < -0.4 is 11.0 Å². The third kappa shape index (κ3) is 3.07. The molecule has 2 bridgehead atoms. The van der Waals surface area contributed by atoms with Crippen LogP contribution in [0.2, 0.25) is 0 Å². The minimum Gasteiger partial charge on any atom is -0.493 e. The number of benzene rings is 1. The van der Waals surface area contributed by atoms with Crippen molar-refractivity contribution in [1.29, 1.82) is 0 Å². The Morgan fingerprint density at radius 3 is 2.77 bits per heavy atom. The zero-order valence-electron chi connectivity index (χ0n) is 15.9. The molecule has 0 spiro atoms. The van der Waals surface area contributed by atoms with E-state index in [0.717, 1.165) is 16.7 Å². The first-order valence-electron chi connectivity index (χ1n) is 9.47. The number of thiocarbonyl (C=S) groups is 1. The highest BCUT2D eigenvalue weighted by Gasteiger charge is 2.48. The number of nitrogens with one attached hydrogen (secondary N) is 1. The summed E-state index contributed by atoms with van der Waals surface area (Å²) in [6, 6.07) is 7.32. The Morgan fingerprint density at radius 2 is 2.06 bits per heavy atom. The fourth-order valence-corrected chi connectivity index (χ4v) is 4.68. The fraction of sp³-hybridized carbons (Fsp3) is 0.250. The van der Waals surface area contributed by atoms with Crippen LogP contribution in [0.4, 0.5) is 18.9 Å². The van der Waals surface area contributed by atoms with Crippen LogP contribution in [-0.4, -0.2) is 35.8 Å². The molecule has 4 heterocycles. The van der Waals surface area contributed by atoms with Gasteiger partial charge >= 0.3 is 11.9 Å². The molecule has 2 aliphatic rings. The van der Waals surface area contributed by atoms with Gasteiger partial charge in [-0.2, -0.15) is 13.2 Å². The highest BCUT2D eigenvalue weighted by atomic mass is 32.1. The molecule has 1 fully saturated rings. The molecular formula is C20H16F3N5O2S. The van der Waals surface area contributed by atoms with Crippen LogP contribution >= 0.6 is 12.2 Å². The van der Waals surface area contributed by atoms with Crippen molar-refractivity contribution in [2.24, 2.45) is 0 Å². The zero-order valence-corrected chi connectivity index (χ0v) is 16.7. The van der Waals surface area contributed by atoms with Crippen molar-refractivity contribution >= 4 is 23.0 Å². The maximum absolute atomic E-state index is 13.1. The summed E-state index contributed by atoms with van der Waals surface area (Å²) in [4.78, 5) is 18.9. The van der Waals surface area contributed by atoms with Gasteiger partial charge in [0, 0.05) is 12.7 Å². The number of aromatic nitrogens is 3. The van der Waals surface area contributed by atoms with Gasteiger partial charge in [-0.15, -0.1) is 0 Å². The van der Waals surface area contributed by atoms with Gasteiger partial charge in [0.2, 0.25) is 5.88 Å². The number of anilines is 1. The van der Waals surface area contributed by atoms with Crippen molar-refractivity contribution in [1.82, 2.24) is 19.0 Å². The van der Waals surface area contributed by atoms with Gasteiger partial charge in [-0.3, -0.25) is 9.55 Å². The lowest BCUT2D eigenvalue weighted by Crippen LogP contribution is -2.39. The van der Waals surface area contributed by atoms with Gasteiger partial charge in [0.25, 0.3) is 0 Å². The number of hydrogen-bond acceptors (Lipinski definition) is 4. The first kappa shape index (κ1) is 19.6. The van der Waals surface area contributed by atoms with E-state index in [1.54, 1.807) is 18.5 Å². The number of alkyl halides is 3. The van der Waals surface area contributed by atoms with E-state index < -0.39 is 17.4 Å². The Balaban J connectivity index is 1.50. The topological polar surface area (TPSA) is 75.3 Å². The van der Waals surface area contributed by atoms with E-state index in [4.69, 9.17) is 12.2 Å². The Labute approximate surface area is 179 Å². The molecule has 0 aliphatic carbocycles. The molecule has 160 valence electrons. The second-order valence-corrected chi connectivity index (χ2v) is 7.86. The summed E-state index contributed by atoms with van der Waals surface area (Å²) in [5.41, 5.74) is -0.437. The third-order valence-corrected chi connectivity index (χ3v) is 6.00. The number of halogens is 3. The molecule has 11 heteroatoms. The fourth-order valence-electron chi connectivity index (χ4n) is 4.36. The third-order valence-electron chi connectivity index (χ3n) is 5.66. The monoisotopic (exact) mass is 447 g/mol. The van der Waals surface area contributed by atoms with E-state index in [-0.39, 0.29) is 23.7 Å². The molecule has 2 N–H and O–H groups in total. The average Bonchev–Trinajstić information content (AvgIpc) is 3.40. The zero-order chi connectivity index (χ0) is 21.9. The lowest BCUT2D eigenvalue weighted by molar-refractivity contribution is -0.137. The van der Waals surface area contributed by atoms with E-state index in [0.29, 0.717) is 29.5 Å². The molecule has 0 amide bonds. The van der Waals surface area contributed by atoms with Crippen molar-refractivity contribution in [3.05, 3.63) is 70.5 Å². The lowest BCUT2D eigenvalue weighted by atomic mass is 10.2. The minimum absolute atomic E-state index is 0.0405. The molecule has 1 aromatic carbocycles. The van der Waals surface area contributed by atoms with Gasteiger partial charge in [-0.05, 0) is 49.0 Å². The Morgan fingerprint density at radius 1 is 1.26 bits per heavy atom. The molecular weight excluding hydrogens is 431 g/mol. The van der Waals surface area contributed by atoms with Gasteiger partial charge in [0.1, 0.15) is 5.69 Å². The maximum Gasteiger partial charge on any atom is 0.416 e. The summed E-state index contributed by atoms with van der Waals surface area (Å²) in [6.07, 6.45) is -0.717. The van der Waals surface area contributed by atoms with Crippen LogP contribution in [0.5, 0.6) is 5.88 Å². The predicted octanol–water partition coefficient (Wildman–Crippen LogP) is 3.46. The van der Waals surface area contributed by atoms with Crippen molar-refractivity contribution in [3.63, 3.8) is 0 Å². The maximum atomic E-state index is 13.1. The Kier molecular flexibility index (Phi) is 4.33. The van der Waals surface area contributed by atoms with E-state index in [1.165, 1.54) is 16.7 Å². The van der Waals surface area contributed by atoms with Gasteiger partial charge < -0.3 is 15.3 Å². The molecule has 31 heavy (non-hydrogen) atoms. The molecule has 0 radical (unpaired) electrons. The van der Waals surface area contributed by atoms with E-state index in [9.17, 15) is 23.1 Å². The second kappa shape index (κ2) is 6.84. The smallest absolute Gasteiger partial charge is 0.416 e. The van der Waals surface area contributed by atoms with Gasteiger partial charge in [-0.1, -0.05) is 6.07 Å². The number of hydrogen-bond donors (Lipinski definition) is 2. The van der Waals surface area contributed by atoms with Crippen molar-refractivity contribution < 1.29 is 18.3 Å². The van der Waals surface area contributed by atoms with E-state index in [2.05, 4.69) is 10.3 Å². The average molecular weight is 447 g/mol. The molecule has 2 aliphatic heterocycles. The normalized spacial score (nSPS) is 19.5. The van der Waals surface area contributed by atoms with E-state index >= 15 is 0 Å². The molecule has 3 aromatic rings.